The van der Waals surface area contributed by atoms with Gasteiger partial charge in [0.15, 0.2) is 0 Å². The number of ether oxygens (including phenoxy) is 1. The van der Waals surface area contributed by atoms with Crippen LogP contribution in [0.25, 0.3) is 11.1 Å². The molecule has 2 amide bonds. The molecule has 30 heavy (non-hydrogen) atoms. The number of unbranched alkanes of at least 4 members (excludes halogenated alkanes) is 1. The smallest absolute Gasteiger partial charge is 0.408 e. The molecule has 7 nitrogen and oxygen atoms in total. The standard InChI is InChI=1S/C23H31N3O4/c1-23(2,3)30-22(29)26-20(9-4-5-14-24)21(28)25-18-8-6-7-17(15-18)16-10-12-19(27)13-11-16/h6-8,10-13,15,20,27H,4-5,9,14,24H2,1-3H3,(H,25,28)(H,26,29)/t20-/m0/s1. The highest BCUT2D eigenvalue weighted by atomic mass is 16.6. The minimum atomic E-state index is -0.733. The van der Waals surface area contributed by atoms with Crippen LogP contribution in [-0.4, -0.2) is 35.3 Å². The molecule has 0 aromatic heterocycles. The molecule has 0 bridgehead atoms. The molecular weight excluding hydrogens is 382 g/mol. The number of benzene rings is 2. The summed E-state index contributed by atoms with van der Waals surface area (Å²) < 4.78 is 5.29. The Kier molecular flexibility index (Phi) is 8.24. The molecule has 0 aliphatic rings. The van der Waals surface area contributed by atoms with E-state index in [0.717, 1.165) is 17.5 Å². The summed E-state index contributed by atoms with van der Waals surface area (Å²) >= 11 is 0. The maximum atomic E-state index is 12.9. The summed E-state index contributed by atoms with van der Waals surface area (Å²) in [5, 5.41) is 15.0. The number of alkyl carbamates (subject to hydrolysis) is 1. The van der Waals surface area contributed by atoms with Crippen LogP contribution in [0.4, 0.5) is 10.5 Å². The van der Waals surface area contributed by atoms with E-state index in [-0.39, 0.29) is 11.7 Å². The highest BCUT2D eigenvalue weighted by molar-refractivity contribution is 5.97. The third kappa shape index (κ3) is 7.75. The number of amides is 2. The van der Waals surface area contributed by atoms with Gasteiger partial charge in [-0.25, -0.2) is 4.79 Å². The van der Waals surface area contributed by atoms with E-state index in [2.05, 4.69) is 10.6 Å². The highest BCUT2D eigenvalue weighted by Crippen LogP contribution is 2.24. The van der Waals surface area contributed by atoms with Crippen molar-refractivity contribution in [3.8, 4) is 16.9 Å². The van der Waals surface area contributed by atoms with Gasteiger partial charge in [0, 0.05) is 5.69 Å². The van der Waals surface area contributed by atoms with Crippen molar-refractivity contribution in [3.63, 3.8) is 0 Å². The summed E-state index contributed by atoms with van der Waals surface area (Å²) in [6.45, 7) is 5.83. The van der Waals surface area contributed by atoms with Gasteiger partial charge in [0.25, 0.3) is 0 Å². The van der Waals surface area contributed by atoms with Crippen LogP contribution in [0.15, 0.2) is 48.5 Å². The molecule has 0 heterocycles. The second-order valence-corrected chi connectivity index (χ2v) is 8.10. The van der Waals surface area contributed by atoms with Gasteiger partial charge in [0.1, 0.15) is 17.4 Å². The number of nitrogens with one attached hydrogen (secondary N) is 2. The lowest BCUT2D eigenvalue weighted by Crippen LogP contribution is -2.45. The van der Waals surface area contributed by atoms with Crippen LogP contribution in [0.3, 0.4) is 0 Å². The second kappa shape index (κ2) is 10.6. The van der Waals surface area contributed by atoms with E-state index in [0.29, 0.717) is 25.1 Å². The van der Waals surface area contributed by atoms with Crippen molar-refractivity contribution in [3.05, 3.63) is 48.5 Å². The van der Waals surface area contributed by atoms with Crippen LogP contribution >= 0.6 is 0 Å². The highest BCUT2D eigenvalue weighted by Gasteiger charge is 2.24. The zero-order valence-corrected chi connectivity index (χ0v) is 17.8. The Balaban J connectivity index is 2.10. The minimum absolute atomic E-state index is 0.191. The van der Waals surface area contributed by atoms with Gasteiger partial charge in [-0.3, -0.25) is 4.79 Å². The van der Waals surface area contributed by atoms with Gasteiger partial charge < -0.3 is 26.2 Å². The molecule has 5 N–H and O–H groups in total. The van der Waals surface area contributed by atoms with Gasteiger partial charge in [-0.15, -0.1) is 0 Å². The van der Waals surface area contributed by atoms with Crippen molar-refractivity contribution < 1.29 is 19.4 Å². The van der Waals surface area contributed by atoms with E-state index in [9.17, 15) is 14.7 Å². The molecular formula is C23H31N3O4. The van der Waals surface area contributed by atoms with Crippen LogP contribution in [0.2, 0.25) is 0 Å². The van der Waals surface area contributed by atoms with Crippen LogP contribution in [0.1, 0.15) is 40.0 Å². The van der Waals surface area contributed by atoms with Gasteiger partial charge in [-0.05, 0) is 82.0 Å². The van der Waals surface area contributed by atoms with E-state index in [1.54, 1.807) is 51.1 Å². The number of anilines is 1. The van der Waals surface area contributed by atoms with Crippen molar-refractivity contribution in [2.45, 2.75) is 51.7 Å². The number of carbonyl (C=O) groups excluding carboxylic acids is 2. The predicted molar refractivity (Wildman–Crippen MR) is 118 cm³/mol. The minimum Gasteiger partial charge on any atom is -0.508 e. The summed E-state index contributed by atoms with van der Waals surface area (Å²) in [4.78, 5) is 25.0. The molecule has 162 valence electrons. The van der Waals surface area contributed by atoms with Crippen molar-refractivity contribution in [1.82, 2.24) is 5.32 Å². The molecule has 0 spiro atoms. The molecule has 0 aliphatic carbocycles. The van der Waals surface area contributed by atoms with Gasteiger partial charge >= 0.3 is 6.09 Å². The first-order valence-electron chi connectivity index (χ1n) is 10.1. The first-order chi connectivity index (χ1) is 14.2. The summed E-state index contributed by atoms with van der Waals surface area (Å²) in [6, 6.07) is 13.5. The molecule has 2 aromatic carbocycles. The molecule has 7 heteroatoms. The maximum Gasteiger partial charge on any atom is 0.408 e. The monoisotopic (exact) mass is 413 g/mol. The van der Waals surface area contributed by atoms with E-state index < -0.39 is 17.7 Å². The molecule has 0 fully saturated rings. The number of rotatable bonds is 8. The fraction of sp³-hybridized carbons (Fsp3) is 0.391. The number of phenolic OH excluding ortho intramolecular Hbond substituents is 1. The average molecular weight is 414 g/mol. The van der Waals surface area contributed by atoms with Gasteiger partial charge in [-0.2, -0.15) is 0 Å². The SMILES string of the molecule is CC(C)(C)OC(=O)N[C@@H](CCCCN)C(=O)Nc1cccc(-c2ccc(O)cc2)c1. The number of aromatic hydroxyl groups is 1. The Morgan fingerprint density at radius 3 is 2.40 bits per heavy atom. The quantitative estimate of drug-likeness (QED) is 0.488. The number of carbonyl (C=O) groups is 2. The average Bonchev–Trinajstić information content (AvgIpc) is 2.66. The van der Waals surface area contributed by atoms with E-state index in [4.69, 9.17) is 10.5 Å². The maximum absolute atomic E-state index is 12.9. The second-order valence-electron chi connectivity index (χ2n) is 8.10. The molecule has 0 aliphatic heterocycles. The van der Waals surface area contributed by atoms with Gasteiger partial charge in [0.2, 0.25) is 5.91 Å². The lowest BCUT2D eigenvalue weighted by Gasteiger charge is -2.23. The van der Waals surface area contributed by atoms with Crippen molar-refractivity contribution in [2.24, 2.45) is 5.73 Å². The van der Waals surface area contributed by atoms with E-state index in [1.807, 2.05) is 18.2 Å². The van der Waals surface area contributed by atoms with Crippen LogP contribution < -0.4 is 16.4 Å². The number of nitrogens with two attached hydrogens (primary N) is 1. The van der Waals surface area contributed by atoms with Crippen LogP contribution in [0.5, 0.6) is 5.75 Å². The molecule has 0 unspecified atom stereocenters. The van der Waals surface area contributed by atoms with E-state index in [1.165, 1.54) is 0 Å². The lowest BCUT2D eigenvalue weighted by atomic mass is 10.0. The zero-order valence-electron chi connectivity index (χ0n) is 17.8. The van der Waals surface area contributed by atoms with Crippen molar-refractivity contribution in [1.29, 1.82) is 0 Å². The Morgan fingerprint density at radius 2 is 1.77 bits per heavy atom. The fourth-order valence-corrected chi connectivity index (χ4v) is 2.87. The number of hydrogen-bond donors (Lipinski definition) is 4. The molecule has 0 radical (unpaired) electrons. The first-order valence-corrected chi connectivity index (χ1v) is 10.1. The Labute approximate surface area is 177 Å². The van der Waals surface area contributed by atoms with Gasteiger partial charge in [0.05, 0.1) is 0 Å². The van der Waals surface area contributed by atoms with Gasteiger partial charge in [-0.1, -0.05) is 24.3 Å². The third-order valence-electron chi connectivity index (χ3n) is 4.29. The zero-order chi connectivity index (χ0) is 22.1. The summed E-state index contributed by atoms with van der Waals surface area (Å²) in [7, 11) is 0. The van der Waals surface area contributed by atoms with Crippen molar-refractivity contribution in [2.75, 3.05) is 11.9 Å². The van der Waals surface area contributed by atoms with Crippen LogP contribution in [0, 0.1) is 0 Å². The number of hydrogen-bond acceptors (Lipinski definition) is 5. The first kappa shape index (κ1) is 23.2. The third-order valence-corrected chi connectivity index (χ3v) is 4.29. The summed E-state index contributed by atoms with van der Waals surface area (Å²) in [5.74, 6) is -0.127. The molecule has 2 aromatic rings. The summed E-state index contributed by atoms with van der Waals surface area (Å²) in [6.07, 6.45) is 1.29. The summed E-state index contributed by atoms with van der Waals surface area (Å²) in [5.41, 5.74) is 7.32. The largest absolute Gasteiger partial charge is 0.508 e. The Bertz CT molecular complexity index is 844. The Morgan fingerprint density at radius 1 is 1.07 bits per heavy atom. The molecule has 0 saturated heterocycles. The molecule has 0 saturated carbocycles. The molecule has 1 atom stereocenters. The molecule has 2 rings (SSSR count). The van der Waals surface area contributed by atoms with E-state index >= 15 is 0 Å². The number of phenols is 1. The lowest BCUT2D eigenvalue weighted by molar-refractivity contribution is -0.118. The Hall–Kier alpha value is -3.06. The van der Waals surface area contributed by atoms with Crippen LogP contribution in [-0.2, 0) is 9.53 Å². The fourth-order valence-electron chi connectivity index (χ4n) is 2.87. The normalized spacial score (nSPS) is 12.1. The predicted octanol–water partition coefficient (Wildman–Crippen LogP) is 4.02. The topological polar surface area (TPSA) is 114 Å². The van der Waals surface area contributed by atoms with Crippen molar-refractivity contribution >= 4 is 17.7 Å².